The van der Waals surface area contributed by atoms with Gasteiger partial charge >= 0.3 is 12.4 Å². The number of carboxylic acids is 1. The van der Waals surface area contributed by atoms with Crippen LogP contribution in [0.4, 0.5) is 0 Å². The van der Waals surface area contributed by atoms with Gasteiger partial charge in [-0.05, 0) is 24.1 Å². The number of carbonyl (C=O) groups excluding carboxylic acids is 1. The predicted molar refractivity (Wildman–Crippen MR) is 50.8 cm³/mol. The van der Waals surface area contributed by atoms with Crippen molar-refractivity contribution in [1.29, 1.82) is 0 Å². The zero-order valence-corrected chi connectivity index (χ0v) is 7.49. The highest BCUT2D eigenvalue weighted by Crippen LogP contribution is 2.04. The molecule has 0 bridgehead atoms. The third-order valence-electron chi connectivity index (χ3n) is 1.81. The fourth-order valence-electron chi connectivity index (χ4n) is 1.07. The minimum atomic E-state index is -0.934. The number of aromatic carboxylic acids is 1. The van der Waals surface area contributed by atoms with Crippen molar-refractivity contribution >= 4 is 12.4 Å². The zero-order chi connectivity index (χ0) is 10.4. The van der Waals surface area contributed by atoms with Crippen LogP contribution >= 0.6 is 0 Å². The summed E-state index contributed by atoms with van der Waals surface area (Å²) in [6.45, 7) is 0.510. The molecule has 4 heteroatoms. The van der Waals surface area contributed by atoms with Gasteiger partial charge in [-0.15, -0.1) is 0 Å². The van der Waals surface area contributed by atoms with Crippen LogP contribution in [0.25, 0.3) is 0 Å². The van der Waals surface area contributed by atoms with E-state index in [4.69, 9.17) is 5.11 Å². The Morgan fingerprint density at radius 2 is 2.00 bits per heavy atom. The van der Waals surface area contributed by atoms with E-state index in [9.17, 15) is 9.59 Å². The van der Waals surface area contributed by atoms with Crippen molar-refractivity contribution in [2.75, 3.05) is 6.54 Å². The minimum Gasteiger partial charge on any atom is -0.478 e. The molecule has 0 aliphatic heterocycles. The molecule has 1 aromatic rings. The lowest BCUT2D eigenvalue weighted by Crippen LogP contribution is -2.14. The molecule has 0 saturated heterocycles. The first-order valence-corrected chi connectivity index (χ1v) is 4.16. The van der Waals surface area contributed by atoms with Crippen molar-refractivity contribution < 1.29 is 14.7 Å². The fraction of sp³-hybridized carbons (Fsp3) is 0.200. The van der Waals surface area contributed by atoms with Crippen LogP contribution in [0.5, 0.6) is 0 Å². The van der Waals surface area contributed by atoms with Crippen LogP contribution < -0.4 is 5.32 Å². The lowest BCUT2D eigenvalue weighted by atomic mass is 10.1. The van der Waals surface area contributed by atoms with E-state index in [-0.39, 0.29) is 5.56 Å². The smallest absolute Gasteiger partial charge is 0.335 e. The highest BCUT2D eigenvalue weighted by Gasteiger charge is 2.00. The highest BCUT2D eigenvalue weighted by atomic mass is 16.4. The number of carbonyl (C=O) groups is 1. The SMILES string of the molecule is O=[C]NCCc1ccc(C(=O)O)cc1. The van der Waals surface area contributed by atoms with Crippen molar-refractivity contribution in [2.24, 2.45) is 0 Å². The van der Waals surface area contributed by atoms with E-state index >= 15 is 0 Å². The lowest BCUT2D eigenvalue weighted by molar-refractivity contribution is 0.0697. The molecule has 0 unspecified atom stereocenters. The predicted octanol–water partition coefficient (Wildman–Crippen LogP) is 0.584. The second-order valence-corrected chi connectivity index (χ2v) is 2.78. The van der Waals surface area contributed by atoms with E-state index in [1.165, 1.54) is 0 Å². The fourth-order valence-corrected chi connectivity index (χ4v) is 1.07. The van der Waals surface area contributed by atoms with Crippen LogP contribution in [0.2, 0.25) is 0 Å². The molecule has 0 aliphatic carbocycles. The standard InChI is InChI=1S/C10H10NO3/c12-7-11-6-5-8-1-3-9(4-2-8)10(13)14/h1-4H,5-6H2,(H,11,12)(H,13,14). The zero-order valence-electron chi connectivity index (χ0n) is 7.49. The molecule has 4 nitrogen and oxygen atoms in total. The molecule has 0 heterocycles. The number of benzene rings is 1. The molecular weight excluding hydrogens is 182 g/mol. The molecule has 0 fully saturated rings. The van der Waals surface area contributed by atoms with Gasteiger partial charge in [0, 0.05) is 6.54 Å². The van der Waals surface area contributed by atoms with Gasteiger partial charge in [-0.25, -0.2) is 4.79 Å². The van der Waals surface area contributed by atoms with Crippen LogP contribution in [0.1, 0.15) is 15.9 Å². The molecule has 73 valence electrons. The third-order valence-corrected chi connectivity index (χ3v) is 1.81. The Kier molecular flexibility index (Phi) is 3.67. The van der Waals surface area contributed by atoms with Gasteiger partial charge in [0.1, 0.15) is 0 Å². The van der Waals surface area contributed by atoms with E-state index in [1.54, 1.807) is 30.7 Å². The maximum atomic E-state index is 10.5. The van der Waals surface area contributed by atoms with Crippen molar-refractivity contribution in [2.45, 2.75) is 6.42 Å². The van der Waals surface area contributed by atoms with Crippen LogP contribution in [0.15, 0.2) is 24.3 Å². The maximum absolute atomic E-state index is 10.5. The molecule has 1 amide bonds. The Hall–Kier alpha value is -1.84. The molecule has 0 saturated carbocycles. The summed E-state index contributed by atoms with van der Waals surface area (Å²) in [6, 6.07) is 6.55. The number of carboxylic acid groups (broad SMARTS) is 1. The monoisotopic (exact) mass is 192 g/mol. The van der Waals surface area contributed by atoms with Gasteiger partial charge in [0.2, 0.25) is 0 Å². The van der Waals surface area contributed by atoms with Crippen LogP contribution in [-0.2, 0) is 11.2 Å². The number of hydrogen-bond acceptors (Lipinski definition) is 2. The molecule has 1 radical (unpaired) electrons. The first kappa shape index (κ1) is 10.2. The van der Waals surface area contributed by atoms with Gasteiger partial charge in [0.05, 0.1) is 5.56 Å². The molecule has 0 atom stereocenters. The third kappa shape index (κ3) is 2.90. The van der Waals surface area contributed by atoms with Crippen LogP contribution in [0, 0.1) is 0 Å². The number of nitrogens with one attached hydrogen (secondary N) is 1. The van der Waals surface area contributed by atoms with Gasteiger partial charge in [0.15, 0.2) is 0 Å². The Balaban J connectivity index is 2.55. The molecular formula is C10H10NO3. The summed E-state index contributed by atoms with van der Waals surface area (Å²) in [7, 11) is 0. The molecule has 0 aromatic heterocycles. The van der Waals surface area contributed by atoms with Gasteiger partial charge in [0.25, 0.3) is 0 Å². The van der Waals surface area contributed by atoms with E-state index in [0.29, 0.717) is 13.0 Å². The first-order valence-electron chi connectivity index (χ1n) is 4.16. The van der Waals surface area contributed by atoms with Gasteiger partial charge in [-0.1, -0.05) is 12.1 Å². The second kappa shape index (κ2) is 5.01. The Labute approximate surface area is 81.6 Å². The van der Waals surface area contributed by atoms with Gasteiger partial charge in [-0.2, -0.15) is 0 Å². The van der Waals surface area contributed by atoms with Crippen LogP contribution in [0.3, 0.4) is 0 Å². The Morgan fingerprint density at radius 1 is 1.36 bits per heavy atom. The summed E-state index contributed by atoms with van der Waals surface area (Å²) < 4.78 is 0. The van der Waals surface area contributed by atoms with Crippen molar-refractivity contribution in [3.8, 4) is 0 Å². The second-order valence-electron chi connectivity index (χ2n) is 2.78. The summed E-state index contributed by atoms with van der Waals surface area (Å²) in [5.74, 6) is -0.934. The molecule has 1 aromatic carbocycles. The van der Waals surface area contributed by atoms with Gasteiger partial charge in [-0.3, -0.25) is 4.79 Å². The maximum Gasteiger partial charge on any atom is 0.335 e. The normalized spacial score (nSPS) is 9.43. The largest absolute Gasteiger partial charge is 0.478 e. The summed E-state index contributed by atoms with van der Waals surface area (Å²) in [6.07, 6.45) is 2.25. The summed E-state index contributed by atoms with van der Waals surface area (Å²) in [5.41, 5.74) is 1.25. The molecule has 14 heavy (non-hydrogen) atoms. The highest BCUT2D eigenvalue weighted by molar-refractivity contribution is 5.87. The van der Waals surface area contributed by atoms with Gasteiger partial charge < -0.3 is 10.4 Å². The molecule has 0 aliphatic rings. The number of amides is 1. The topological polar surface area (TPSA) is 66.4 Å². The van der Waals surface area contributed by atoms with Crippen molar-refractivity contribution in [3.63, 3.8) is 0 Å². The number of rotatable bonds is 5. The minimum absolute atomic E-state index is 0.267. The average molecular weight is 192 g/mol. The number of hydrogen-bond donors (Lipinski definition) is 2. The van der Waals surface area contributed by atoms with E-state index in [0.717, 1.165) is 5.56 Å². The van der Waals surface area contributed by atoms with Crippen molar-refractivity contribution in [1.82, 2.24) is 5.32 Å². The molecule has 2 N–H and O–H groups in total. The summed E-state index contributed by atoms with van der Waals surface area (Å²) >= 11 is 0. The molecule has 1 rings (SSSR count). The Morgan fingerprint density at radius 3 is 2.50 bits per heavy atom. The first-order chi connectivity index (χ1) is 6.74. The van der Waals surface area contributed by atoms with Crippen molar-refractivity contribution in [3.05, 3.63) is 35.4 Å². The lowest BCUT2D eigenvalue weighted by Gasteiger charge is -2.00. The Bertz CT molecular complexity index is 319. The quantitative estimate of drug-likeness (QED) is 0.530. The average Bonchev–Trinajstić information content (AvgIpc) is 2.19. The molecule has 0 spiro atoms. The summed E-state index contributed by atoms with van der Waals surface area (Å²) in [5, 5.41) is 11.0. The van der Waals surface area contributed by atoms with E-state index in [2.05, 4.69) is 5.32 Å². The van der Waals surface area contributed by atoms with E-state index in [1.807, 2.05) is 0 Å². The van der Waals surface area contributed by atoms with Crippen LogP contribution in [-0.4, -0.2) is 24.0 Å². The van der Waals surface area contributed by atoms with E-state index < -0.39 is 5.97 Å². The summed E-state index contributed by atoms with van der Waals surface area (Å²) in [4.78, 5) is 20.3.